The second-order valence-corrected chi connectivity index (χ2v) is 6.36. The van der Waals surface area contributed by atoms with Gasteiger partial charge in [0.2, 0.25) is 0 Å². The minimum Gasteiger partial charge on any atom is -0.479 e. The van der Waals surface area contributed by atoms with Crippen molar-refractivity contribution in [1.29, 1.82) is 0 Å². The highest BCUT2D eigenvalue weighted by atomic mass is 35.5. The number of benzene rings is 1. The van der Waals surface area contributed by atoms with Gasteiger partial charge in [-0.15, -0.1) is 0 Å². The molecule has 4 nitrogen and oxygen atoms in total. The number of morpholine rings is 1. The first-order valence-corrected chi connectivity index (χ1v) is 8.15. The summed E-state index contributed by atoms with van der Waals surface area (Å²) in [5.74, 6) is 0.568. The molecule has 1 heterocycles. The zero-order chi connectivity index (χ0) is 16.3. The molecule has 1 aliphatic heterocycles. The third-order valence-corrected chi connectivity index (χ3v) is 4.05. The summed E-state index contributed by atoms with van der Waals surface area (Å²) in [4.78, 5) is 14.6. The summed E-state index contributed by atoms with van der Waals surface area (Å²) in [6.07, 6.45) is 0.181. The molecule has 1 aromatic rings. The number of amides is 1. The van der Waals surface area contributed by atoms with E-state index in [9.17, 15) is 4.79 Å². The fraction of sp³-hybridized carbons (Fsp3) is 0.588. The van der Waals surface area contributed by atoms with Crippen LogP contribution in [-0.2, 0) is 9.53 Å². The van der Waals surface area contributed by atoms with E-state index in [4.69, 9.17) is 21.1 Å². The van der Waals surface area contributed by atoms with E-state index < -0.39 is 6.10 Å². The topological polar surface area (TPSA) is 38.8 Å². The summed E-state index contributed by atoms with van der Waals surface area (Å²) in [6, 6.07) is 5.58. The molecule has 0 aliphatic carbocycles. The number of aryl methyl sites for hydroxylation is 1. The molecule has 1 aromatic carbocycles. The Kier molecular flexibility index (Phi) is 5.70. The van der Waals surface area contributed by atoms with Gasteiger partial charge in [0.1, 0.15) is 5.75 Å². The van der Waals surface area contributed by atoms with Gasteiger partial charge < -0.3 is 14.4 Å². The Morgan fingerprint density at radius 2 is 2.05 bits per heavy atom. The van der Waals surface area contributed by atoms with Crippen molar-refractivity contribution in [3.05, 3.63) is 28.8 Å². The summed E-state index contributed by atoms with van der Waals surface area (Å²) in [5.41, 5.74) is 1.05. The van der Waals surface area contributed by atoms with Gasteiger partial charge in [-0.25, -0.2) is 0 Å². The van der Waals surface area contributed by atoms with Crippen LogP contribution < -0.4 is 4.74 Å². The molecule has 0 spiro atoms. The van der Waals surface area contributed by atoms with E-state index in [0.717, 1.165) is 5.56 Å². The van der Waals surface area contributed by atoms with Crippen LogP contribution in [0.4, 0.5) is 0 Å². The fourth-order valence-electron chi connectivity index (χ4n) is 2.72. The summed E-state index contributed by atoms with van der Waals surface area (Å²) < 4.78 is 11.6. The maximum absolute atomic E-state index is 12.7. The van der Waals surface area contributed by atoms with Gasteiger partial charge in [-0.1, -0.05) is 24.6 Å². The molecule has 0 aromatic heterocycles. The van der Waals surface area contributed by atoms with Crippen molar-refractivity contribution in [3.63, 3.8) is 0 Å². The van der Waals surface area contributed by atoms with Crippen LogP contribution in [-0.4, -0.2) is 42.2 Å². The van der Waals surface area contributed by atoms with E-state index in [-0.39, 0.29) is 18.1 Å². The van der Waals surface area contributed by atoms with E-state index in [1.165, 1.54) is 0 Å². The van der Waals surface area contributed by atoms with Crippen LogP contribution in [0.25, 0.3) is 0 Å². The van der Waals surface area contributed by atoms with Crippen molar-refractivity contribution < 1.29 is 14.3 Å². The Morgan fingerprint density at radius 1 is 1.41 bits per heavy atom. The minimum atomic E-state index is -0.517. The number of hydrogen-bond donors (Lipinski definition) is 0. The lowest BCUT2D eigenvalue weighted by Crippen LogP contribution is -2.52. The molecular formula is C17H24ClNO3. The second kappa shape index (κ2) is 7.34. The van der Waals surface area contributed by atoms with Crippen LogP contribution in [0.3, 0.4) is 0 Å². The highest BCUT2D eigenvalue weighted by Gasteiger charge is 2.31. The van der Waals surface area contributed by atoms with Crippen LogP contribution in [0.15, 0.2) is 18.2 Å². The standard InChI is InChI=1S/C17H24ClNO3/c1-5-15(22-16-8-11(2)6-7-14(16)18)17(20)19-9-12(3)21-13(4)10-19/h6-8,12-13,15H,5,9-10H2,1-4H3/t12-,13-,15-/m0/s1. The maximum Gasteiger partial charge on any atom is 0.263 e. The van der Waals surface area contributed by atoms with Gasteiger partial charge in [0.05, 0.1) is 17.2 Å². The van der Waals surface area contributed by atoms with E-state index in [1.807, 2.05) is 44.7 Å². The van der Waals surface area contributed by atoms with Crippen molar-refractivity contribution in [2.75, 3.05) is 13.1 Å². The molecule has 122 valence electrons. The smallest absolute Gasteiger partial charge is 0.263 e. The first-order chi connectivity index (χ1) is 10.4. The zero-order valence-corrected chi connectivity index (χ0v) is 14.4. The number of hydrogen-bond acceptors (Lipinski definition) is 3. The van der Waals surface area contributed by atoms with Crippen molar-refractivity contribution in [2.45, 2.75) is 52.4 Å². The van der Waals surface area contributed by atoms with Crippen LogP contribution >= 0.6 is 11.6 Å². The Bertz CT molecular complexity index is 525. The molecule has 22 heavy (non-hydrogen) atoms. The molecule has 2 rings (SSSR count). The van der Waals surface area contributed by atoms with E-state index in [1.54, 1.807) is 6.07 Å². The van der Waals surface area contributed by atoms with Gasteiger partial charge in [-0.2, -0.15) is 0 Å². The minimum absolute atomic E-state index is 0.00192. The quantitative estimate of drug-likeness (QED) is 0.851. The Labute approximate surface area is 137 Å². The number of carbonyl (C=O) groups is 1. The number of nitrogens with zero attached hydrogens (tertiary/aromatic N) is 1. The van der Waals surface area contributed by atoms with Crippen LogP contribution in [0.2, 0.25) is 5.02 Å². The van der Waals surface area contributed by atoms with Crippen molar-refractivity contribution in [1.82, 2.24) is 4.90 Å². The Balaban J connectivity index is 2.10. The Morgan fingerprint density at radius 3 is 2.64 bits per heavy atom. The summed E-state index contributed by atoms with van der Waals surface area (Å²) in [6.45, 7) is 9.08. The summed E-state index contributed by atoms with van der Waals surface area (Å²) in [7, 11) is 0. The third kappa shape index (κ3) is 4.14. The van der Waals surface area contributed by atoms with Crippen molar-refractivity contribution in [3.8, 4) is 5.75 Å². The van der Waals surface area contributed by atoms with Crippen molar-refractivity contribution >= 4 is 17.5 Å². The molecule has 1 saturated heterocycles. The van der Waals surface area contributed by atoms with Gasteiger partial charge in [-0.3, -0.25) is 4.79 Å². The first-order valence-electron chi connectivity index (χ1n) is 7.77. The number of carbonyl (C=O) groups excluding carboxylic acids is 1. The zero-order valence-electron chi connectivity index (χ0n) is 13.6. The molecule has 0 N–H and O–H groups in total. The predicted molar refractivity (Wildman–Crippen MR) is 87.5 cm³/mol. The Hall–Kier alpha value is -1.26. The van der Waals surface area contributed by atoms with E-state index in [0.29, 0.717) is 30.3 Å². The molecule has 1 amide bonds. The summed E-state index contributed by atoms with van der Waals surface area (Å²) >= 11 is 6.16. The van der Waals surface area contributed by atoms with Crippen molar-refractivity contribution in [2.24, 2.45) is 0 Å². The highest BCUT2D eigenvalue weighted by molar-refractivity contribution is 6.32. The molecule has 1 aliphatic rings. The largest absolute Gasteiger partial charge is 0.479 e. The molecule has 0 radical (unpaired) electrons. The van der Waals surface area contributed by atoms with Crippen LogP contribution in [0.1, 0.15) is 32.8 Å². The molecule has 5 heteroatoms. The maximum atomic E-state index is 12.7. The second-order valence-electron chi connectivity index (χ2n) is 5.95. The van der Waals surface area contributed by atoms with E-state index in [2.05, 4.69) is 0 Å². The van der Waals surface area contributed by atoms with Gasteiger partial charge >= 0.3 is 0 Å². The SMILES string of the molecule is CC[C@H](Oc1cc(C)ccc1Cl)C(=O)N1C[C@H](C)O[C@@H](C)C1. The number of rotatable bonds is 4. The number of halogens is 1. The van der Waals surface area contributed by atoms with Crippen LogP contribution in [0, 0.1) is 6.92 Å². The predicted octanol–water partition coefficient (Wildman–Crippen LogP) is 3.44. The van der Waals surface area contributed by atoms with Gasteiger partial charge in [0, 0.05) is 13.1 Å². The monoisotopic (exact) mass is 325 g/mol. The van der Waals surface area contributed by atoms with Gasteiger partial charge in [0.15, 0.2) is 6.10 Å². The van der Waals surface area contributed by atoms with Gasteiger partial charge in [0.25, 0.3) is 5.91 Å². The molecule has 3 atom stereocenters. The van der Waals surface area contributed by atoms with Gasteiger partial charge in [-0.05, 0) is 44.9 Å². The molecule has 0 bridgehead atoms. The summed E-state index contributed by atoms with van der Waals surface area (Å²) in [5, 5.41) is 0.528. The first kappa shape index (κ1) is 17.1. The third-order valence-electron chi connectivity index (χ3n) is 3.73. The normalized spacial score (nSPS) is 23.2. The molecule has 0 unspecified atom stereocenters. The molecule has 0 saturated carbocycles. The molecule has 1 fully saturated rings. The lowest BCUT2D eigenvalue weighted by Gasteiger charge is -2.37. The van der Waals surface area contributed by atoms with Crippen LogP contribution in [0.5, 0.6) is 5.75 Å². The highest BCUT2D eigenvalue weighted by Crippen LogP contribution is 2.27. The average Bonchev–Trinajstić information content (AvgIpc) is 2.46. The van der Waals surface area contributed by atoms with E-state index >= 15 is 0 Å². The lowest BCUT2D eigenvalue weighted by atomic mass is 10.1. The fourth-order valence-corrected chi connectivity index (χ4v) is 2.89. The lowest BCUT2D eigenvalue weighted by molar-refractivity contribution is -0.150. The number of ether oxygens (including phenoxy) is 2. The average molecular weight is 326 g/mol. The molecular weight excluding hydrogens is 302 g/mol.